The summed E-state index contributed by atoms with van der Waals surface area (Å²) in [6, 6.07) is 1.84. The highest BCUT2D eigenvalue weighted by Crippen LogP contribution is 2.19. The summed E-state index contributed by atoms with van der Waals surface area (Å²) >= 11 is 0. The quantitative estimate of drug-likeness (QED) is 0.0920. The van der Waals surface area contributed by atoms with Gasteiger partial charge in [0, 0.05) is 23.5 Å². The molecular formula is C25H36N8O7. The van der Waals surface area contributed by atoms with Crippen LogP contribution in [-0.4, -0.2) is 76.3 Å². The molecule has 0 saturated heterocycles. The van der Waals surface area contributed by atoms with E-state index >= 15 is 0 Å². The average molecular weight is 561 g/mol. The van der Waals surface area contributed by atoms with Gasteiger partial charge in [-0.25, -0.2) is 4.79 Å². The summed E-state index contributed by atoms with van der Waals surface area (Å²) in [5.41, 5.74) is 22.9. The molecule has 0 aliphatic carbocycles. The van der Waals surface area contributed by atoms with E-state index in [2.05, 4.69) is 20.9 Å². The van der Waals surface area contributed by atoms with Crippen molar-refractivity contribution in [3.05, 3.63) is 36.0 Å². The zero-order chi connectivity index (χ0) is 29.8. The Morgan fingerprint density at radius 3 is 2.05 bits per heavy atom. The Bertz CT molecular complexity index is 1230. The Labute approximate surface area is 229 Å². The van der Waals surface area contributed by atoms with Gasteiger partial charge in [0.15, 0.2) is 0 Å². The SMILES string of the molecule is NCCCCC(NC(=O)C(N)CC(N)=O)C(=O)NC(Cc1c[nH]c2ccccc12)C(=O)NC(CC(N)=O)C(=O)O. The molecule has 0 saturated carbocycles. The number of benzene rings is 1. The molecule has 0 bridgehead atoms. The molecule has 15 nitrogen and oxygen atoms in total. The van der Waals surface area contributed by atoms with Gasteiger partial charge in [0.05, 0.1) is 18.9 Å². The lowest BCUT2D eigenvalue weighted by molar-refractivity contribution is -0.143. The van der Waals surface area contributed by atoms with E-state index in [0.29, 0.717) is 24.9 Å². The third kappa shape index (κ3) is 9.67. The Morgan fingerprint density at radius 1 is 0.825 bits per heavy atom. The predicted octanol–water partition coefficient (Wildman–Crippen LogP) is -2.54. The maximum atomic E-state index is 13.4. The standard InChI is InChI=1S/C25H36N8O7/c26-8-4-3-7-17(31-22(36)15(27)10-20(28)34)23(37)32-18(24(38)33-19(25(39)40)11-21(29)35)9-13-12-30-16-6-2-1-5-14(13)16/h1-2,5-6,12,15,17-19,30H,3-4,7-11,26-27H2,(H2,28,34)(H2,29,35)(H,31,36)(H,32,37)(H,33,38)(H,39,40). The number of fused-ring (bicyclic) bond motifs is 1. The van der Waals surface area contributed by atoms with Gasteiger partial charge in [-0.15, -0.1) is 0 Å². The maximum Gasteiger partial charge on any atom is 0.326 e. The van der Waals surface area contributed by atoms with Crippen molar-refractivity contribution in [2.45, 2.75) is 62.7 Å². The van der Waals surface area contributed by atoms with Crippen LogP contribution in [0.1, 0.15) is 37.7 Å². The smallest absolute Gasteiger partial charge is 0.326 e. The van der Waals surface area contributed by atoms with Crippen LogP contribution in [0.5, 0.6) is 0 Å². The van der Waals surface area contributed by atoms with E-state index in [9.17, 15) is 33.9 Å². The minimum atomic E-state index is -1.63. The number of carboxylic acid groups (broad SMARTS) is 1. The fourth-order valence-electron chi connectivity index (χ4n) is 4.03. The van der Waals surface area contributed by atoms with Gasteiger partial charge in [0.1, 0.15) is 18.1 Å². The molecule has 40 heavy (non-hydrogen) atoms. The van der Waals surface area contributed by atoms with Gasteiger partial charge in [-0.3, -0.25) is 24.0 Å². The number of rotatable bonds is 17. The van der Waals surface area contributed by atoms with Crippen LogP contribution in [0.2, 0.25) is 0 Å². The van der Waals surface area contributed by atoms with Crippen LogP contribution in [-0.2, 0) is 35.2 Å². The van der Waals surface area contributed by atoms with Gasteiger partial charge < -0.3 is 49.0 Å². The van der Waals surface area contributed by atoms with Gasteiger partial charge in [0.25, 0.3) is 0 Å². The van der Waals surface area contributed by atoms with Crippen molar-refractivity contribution in [2.75, 3.05) is 6.54 Å². The molecule has 5 amide bonds. The van der Waals surface area contributed by atoms with Crippen LogP contribution in [0.25, 0.3) is 10.9 Å². The second kappa shape index (κ2) is 15.2. The molecule has 0 fully saturated rings. The Morgan fingerprint density at radius 2 is 1.43 bits per heavy atom. The first-order chi connectivity index (χ1) is 18.9. The lowest BCUT2D eigenvalue weighted by Gasteiger charge is -2.25. The third-order valence-corrected chi connectivity index (χ3v) is 6.09. The highest BCUT2D eigenvalue weighted by atomic mass is 16.4. The average Bonchev–Trinajstić information content (AvgIpc) is 3.29. The predicted molar refractivity (Wildman–Crippen MR) is 144 cm³/mol. The van der Waals surface area contributed by atoms with Crippen LogP contribution in [0, 0.1) is 0 Å². The van der Waals surface area contributed by atoms with E-state index in [1.165, 1.54) is 0 Å². The Balaban J connectivity index is 2.32. The van der Waals surface area contributed by atoms with Crippen molar-refractivity contribution < 1.29 is 33.9 Å². The van der Waals surface area contributed by atoms with E-state index in [-0.39, 0.29) is 12.8 Å². The number of hydrogen-bond donors (Lipinski definition) is 9. The summed E-state index contributed by atoms with van der Waals surface area (Å²) in [7, 11) is 0. The largest absolute Gasteiger partial charge is 0.480 e. The summed E-state index contributed by atoms with van der Waals surface area (Å²) in [4.78, 5) is 76.3. The van der Waals surface area contributed by atoms with Crippen LogP contribution >= 0.6 is 0 Å². The van der Waals surface area contributed by atoms with Crippen molar-refractivity contribution in [1.29, 1.82) is 0 Å². The molecule has 4 unspecified atom stereocenters. The molecule has 2 rings (SSSR count). The number of hydrogen-bond acceptors (Lipinski definition) is 8. The topological polar surface area (TPSA) is 279 Å². The van der Waals surface area contributed by atoms with Crippen molar-refractivity contribution in [1.82, 2.24) is 20.9 Å². The zero-order valence-corrected chi connectivity index (χ0v) is 21.9. The number of H-pyrrole nitrogens is 1. The highest BCUT2D eigenvalue weighted by Gasteiger charge is 2.31. The van der Waals surface area contributed by atoms with Gasteiger partial charge in [-0.2, -0.15) is 0 Å². The summed E-state index contributed by atoms with van der Waals surface area (Å²) < 4.78 is 0. The number of carboxylic acids is 1. The number of aliphatic carboxylic acids is 1. The summed E-state index contributed by atoms with van der Waals surface area (Å²) in [5, 5.41) is 17.5. The molecule has 1 aromatic carbocycles. The number of nitrogens with one attached hydrogen (secondary N) is 4. The molecule has 1 aromatic heterocycles. The van der Waals surface area contributed by atoms with E-state index in [1.807, 2.05) is 12.1 Å². The van der Waals surface area contributed by atoms with Crippen LogP contribution < -0.4 is 38.9 Å². The molecular weight excluding hydrogens is 524 g/mol. The zero-order valence-electron chi connectivity index (χ0n) is 21.9. The number of carbonyl (C=O) groups is 6. The highest BCUT2D eigenvalue weighted by molar-refractivity contribution is 5.96. The van der Waals surface area contributed by atoms with Crippen LogP contribution in [0.3, 0.4) is 0 Å². The molecule has 0 aliphatic rings. The molecule has 0 spiro atoms. The van der Waals surface area contributed by atoms with Crippen molar-refractivity contribution in [3.63, 3.8) is 0 Å². The normalized spacial score (nSPS) is 13.9. The van der Waals surface area contributed by atoms with Gasteiger partial charge in [-0.05, 0) is 37.4 Å². The number of unbranched alkanes of at least 4 members (excludes halogenated alkanes) is 1. The number of primary amides is 2. The number of amides is 5. The van der Waals surface area contributed by atoms with Gasteiger partial charge in [-0.1, -0.05) is 18.2 Å². The fourth-order valence-corrected chi connectivity index (χ4v) is 4.03. The summed E-state index contributed by atoms with van der Waals surface area (Å²) in [6.45, 7) is 0.339. The second-order valence-electron chi connectivity index (χ2n) is 9.32. The molecule has 13 N–H and O–H groups in total. The first-order valence-electron chi connectivity index (χ1n) is 12.6. The third-order valence-electron chi connectivity index (χ3n) is 6.09. The molecule has 2 aromatic rings. The number of para-hydroxylation sites is 1. The number of aromatic amines is 1. The van der Waals surface area contributed by atoms with Crippen LogP contribution in [0.15, 0.2) is 30.5 Å². The number of aromatic nitrogens is 1. The van der Waals surface area contributed by atoms with Gasteiger partial charge >= 0.3 is 5.97 Å². The fraction of sp³-hybridized carbons (Fsp3) is 0.440. The monoisotopic (exact) mass is 560 g/mol. The van der Waals surface area contributed by atoms with E-state index in [4.69, 9.17) is 22.9 Å². The first kappa shape index (κ1) is 31.7. The molecule has 218 valence electrons. The number of carbonyl (C=O) groups excluding carboxylic acids is 5. The lowest BCUT2D eigenvalue weighted by atomic mass is 10.0. The summed E-state index contributed by atoms with van der Waals surface area (Å²) in [6.07, 6.45) is 1.61. The lowest BCUT2D eigenvalue weighted by Crippen LogP contribution is -2.58. The Hall–Kier alpha value is -4.50. The number of nitrogens with two attached hydrogens (primary N) is 4. The first-order valence-corrected chi connectivity index (χ1v) is 12.6. The van der Waals surface area contributed by atoms with Crippen LogP contribution in [0.4, 0.5) is 0 Å². The summed E-state index contributed by atoms with van der Waals surface area (Å²) in [5.74, 6) is -5.66. The van der Waals surface area contributed by atoms with E-state index in [1.54, 1.807) is 18.3 Å². The van der Waals surface area contributed by atoms with Crippen molar-refractivity contribution in [3.8, 4) is 0 Å². The molecule has 4 atom stereocenters. The maximum absolute atomic E-state index is 13.4. The van der Waals surface area contributed by atoms with Gasteiger partial charge in [0.2, 0.25) is 29.5 Å². The molecule has 1 heterocycles. The van der Waals surface area contributed by atoms with E-state index in [0.717, 1.165) is 10.9 Å². The van der Waals surface area contributed by atoms with Crippen molar-refractivity contribution in [2.24, 2.45) is 22.9 Å². The van der Waals surface area contributed by atoms with E-state index < -0.39 is 72.5 Å². The second-order valence-corrected chi connectivity index (χ2v) is 9.32. The Kier molecular flexibility index (Phi) is 12.0. The minimum Gasteiger partial charge on any atom is -0.480 e. The molecule has 0 aliphatic heterocycles. The molecule has 0 radical (unpaired) electrons. The van der Waals surface area contributed by atoms with Crippen molar-refractivity contribution >= 4 is 46.4 Å². The minimum absolute atomic E-state index is 0.0604. The molecule has 15 heteroatoms.